The predicted molar refractivity (Wildman–Crippen MR) is 85.9 cm³/mol. The molecule has 2 rings (SSSR count). The standard InChI is InChI=1S/C17H22O5S/c1-3-22-16(19)11-13-5-4-6-15(18)17(13)12-7-9-14(10-8-12)23(2,20)21/h7-10,13,17H,3-6,11H2,1-2H3/t13-,17-/m1/s1. The van der Waals surface area contributed by atoms with Gasteiger partial charge in [-0.15, -0.1) is 0 Å². The summed E-state index contributed by atoms with van der Waals surface area (Å²) >= 11 is 0. The Bertz CT molecular complexity index is 675. The normalized spacial score (nSPS) is 21.9. The molecule has 0 amide bonds. The number of benzene rings is 1. The average molecular weight is 338 g/mol. The highest BCUT2D eigenvalue weighted by Crippen LogP contribution is 2.37. The third kappa shape index (κ3) is 4.41. The minimum absolute atomic E-state index is 0.0839. The van der Waals surface area contributed by atoms with E-state index in [1.807, 2.05) is 0 Å². The van der Waals surface area contributed by atoms with Gasteiger partial charge in [-0.3, -0.25) is 9.59 Å². The number of sulfone groups is 1. The van der Waals surface area contributed by atoms with Gasteiger partial charge in [-0.25, -0.2) is 8.42 Å². The molecule has 0 unspecified atom stereocenters. The summed E-state index contributed by atoms with van der Waals surface area (Å²) in [6.45, 7) is 2.08. The maximum Gasteiger partial charge on any atom is 0.306 e. The Hall–Kier alpha value is -1.69. The van der Waals surface area contributed by atoms with Crippen LogP contribution < -0.4 is 0 Å². The van der Waals surface area contributed by atoms with Gasteiger partial charge >= 0.3 is 5.97 Å². The van der Waals surface area contributed by atoms with Crippen LogP contribution in [-0.2, 0) is 24.2 Å². The van der Waals surface area contributed by atoms with Gasteiger partial charge in [0.1, 0.15) is 5.78 Å². The van der Waals surface area contributed by atoms with Gasteiger partial charge in [0.05, 0.1) is 11.5 Å². The topological polar surface area (TPSA) is 77.5 Å². The van der Waals surface area contributed by atoms with E-state index in [1.165, 1.54) is 12.1 Å². The number of ether oxygens (including phenoxy) is 1. The van der Waals surface area contributed by atoms with E-state index in [2.05, 4.69) is 0 Å². The molecule has 1 aromatic rings. The molecule has 23 heavy (non-hydrogen) atoms. The molecular weight excluding hydrogens is 316 g/mol. The minimum atomic E-state index is -3.26. The third-order valence-corrected chi connectivity index (χ3v) is 5.35. The van der Waals surface area contributed by atoms with Crippen LogP contribution in [-0.4, -0.2) is 33.0 Å². The summed E-state index contributed by atoms with van der Waals surface area (Å²) in [7, 11) is -3.26. The monoisotopic (exact) mass is 338 g/mol. The summed E-state index contributed by atoms with van der Waals surface area (Å²) in [6.07, 6.45) is 3.44. The lowest BCUT2D eigenvalue weighted by Gasteiger charge is -2.30. The van der Waals surface area contributed by atoms with E-state index in [0.717, 1.165) is 24.7 Å². The lowest BCUT2D eigenvalue weighted by atomic mass is 9.73. The first-order valence-electron chi connectivity index (χ1n) is 7.81. The van der Waals surface area contributed by atoms with Gasteiger partial charge in [-0.1, -0.05) is 12.1 Å². The van der Waals surface area contributed by atoms with E-state index in [1.54, 1.807) is 19.1 Å². The van der Waals surface area contributed by atoms with Crippen LogP contribution in [0.15, 0.2) is 29.2 Å². The van der Waals surface area contributed by atoms with Crippen LogP contribution in [0.3, 0.4) is 0 Å². The number of hydrogen-bond donors (Lipinski definition) is 0. The number of carbonyl (C=O) groups excluding carboxylic acids is 2. The Morgan fingerprint density at radius 3 is 2.48 bits per heavy atom. The summed E-state index contributed by atoms with van der Waals surface area (Å²) < 4.78 is 28.1. The molecule has 0 radical (unpaired) electrons. The number of hydrogen-bond acceptors (Lipinski definition) is 5. The maximum atomic E-state index is 12.4. The van der Waals surface area contributed by atoms with E-state index >= 15 is 0 Å². The Morgan fingerprint density at radius 1 is 1.26 bits per heavy atom. The Labute approximate surface area is 137 Å². The fraction of sp³-hybridized carbons (Fsp3) is 0.529. The first-order valence-corrected chi connectivity index (χ1v) is 9.70. The summed E-state index contributed by atoms with van der Waals surface area (Å²) in [5, 5.41) is 0. The van der Waals surface area contributed by atoms with Crippen molar-refractivity contribution in [3.05, 3.63) is 29.8 Å². The molecule has 0 aromatic heterocycles. The fourth-order valence-electron chi connectivity index (χ4n) is 3.16. The molecule has 1 aliphatic rings. The summed E-state index contributed by atoms with van der Waals surface area (Å²) in [5.74, 6) is -0.622. The number of esters is 1. The van der Waals surface area contributed by atoms with Crippen molar-refractivity contribution >= 4 is 21.6 Å². The molecule has 1 saturated carbocycles. The second kappa shape index (κ2) is 7.25. The molecule has 5 nitrogen and oxygen atoms in total. The van der Waals surface area contributed by atoms with Crippen molar-refractivity contribution in [3.63, 3.8) is 0 Å². The molecule has 0 spiro atoms. The fourth-order valence-corrected chi connectivity index (χ4v) is 3.79. The Morgan fingerprint density at radius 2 is 1.91 bits per heavy atom. The molecule has 0 heterocycles. The van der Waals surface area contributed by atoms with Gasteiger partial charge in [-0.2, -0.15) is 0 Å². The molecule has 2 atom stereocenters. The van der Waals surface area contributed by atoms with Crippen LogP contribution in [0.25, 0.3) is 0 Å². The molecule has 126 valence electrons. The number of Topliss-reactive ketones (excluding diaryl/α,β-unsaturated/α-hetero) is 1. The van der Waals surface area contributed by atoms with E-state index in [4.69, 9.17) is 4.74 Å². The van der Waals surface area contributed by atoms with Crippen LogP contribution >= 0.6 is 0 Å². The number of ketones is 1. The van der Waals surface area contributed by atoms with Gasteiger partial charge in [0.25, 0.3) is 0 Å². The van der Waals surface area contributed by atoms with Crippen molar-refractivity contribution in [1.82, 2.24) is 0 Å². The second-order valence-corrected chi connectivity index (χ2v) is 7.96. The quantitative estimate of drug-likeness (QED) is 0.771. The van der Waals surface area contributed by atoms with E-state index in [9.17, 15) is 18.0 Å². The zero-order valence-electron chi connectivity index (χ0n) is 13.4. The van der Waals surface area contributed by atoms with Crippen LogP contribution in [0.2, 0.25) is 0 Å². The van der Waals surface area contributed by atoms with Crippen LogP contribution in [0, 0.1) is 5.92 Å². The molecule has 0 saturated heterocycles. The molecule has 6 heteroatoms. The molecular formula is C17H22O5S. The van der Waals surface area contributed by atoms with Crippen molar-refractivity contribution < 1.29 is 22.7 Å². The minimum Gasteiger partial charge on any atom is -0.466 e. The second-order valence-electron chi connectivity index (χ2n) is 5.95. The van der Waals surface area contributed by atoms with Gasteiger partial charge in [0.15, 0.2) is 9.84 Å². The van der Waals surface area contributed by atoms with Crippen molar-refractivity contribution in [1.29, 1.82) is 0 Å². The highest BCUT2D eigenvalue weighted by molar-refractivity contribution is 7.90. The first-order chi connectivity index (χ1) is 10.8. The Kier molecular flexibility index (Phi) is 5.57. The SMILES string of the molecule is CCOC(=O)C[C@H]1CCCC(=O)[C@@H]1c1ccc(S(C)(=O)=O)cc1. The van der Waals surface area contributed by atoms with Gasteiger partial charge < -0.3 is 4.74 Å². The van der Waals surface area contributed by atoms with Crippen molar-refractivity contribution in [2.24, 2.45) is 5.92 Å². The van der Waals surface area contributed by atoms with E-state index < -0.39 is 9.84 Å². The Balaban J connectivity index is 2.25. The zero-order valence-corrected chi connectivity index (χ0v) is 14.3. The maximum absolute atomic E-state index is 12.4. The molecule has 1 aliphatic carbocycles. The summed E-state index contributed by atoms with van der Waals surface area (Å²) in [6, 6.07) is 6.41. The van der Waals surface area contributed by atoms with E-state index in [0.29, 0.717) is 13.0 Å². The molecule has 1 aromatic carbocycles. The van der Waals surface area contributed by atoms with Gasteiger partial charge in [0.2, 0.25) is 0 Å². The van der Waals surface area contributed by atoms with Crippen LogP contribution in [0.4, 0.5) is 0 Å². The molecule has 0 aliphatic heterocycles. The lowest BCUT2D eigenvalue weighted by molar-refractivity contribution is -0.144. The number of rotatable bonds is 5. The van der Waals surface area contributed by atoms with Crippen molar-refractivity contribution in [2.45, 2.75) is 43.4 Å². The largest absolute Gasteiger partial charge is 0.466 e. The highest BCUT2D eigenvalue weighted by Gasteiger charge is 2.34. The summed E-state index contributed by atoms with van der Waals surface area (Å²) in [4.78, 5) is 24.4. The smallest absolute Gasteiger partial charge is 0.306 e. The van der Waals surface area contributed by atoms with Gasteiger partial charge in [-0.05, 0) is 43.4 Å². The molecule has 0 N–H and O–H groups in total. The highest BCUT2D eigenvalue weighted by atomic mass is 32.2. The third-order valence-electron chi connectivity index (χ3n) is 4.22. The average Bonchev–Trinajstić information content (AvgIpc) is 2.47. The lowest BCUT2D eigenvalue weighted by Crippen LogP contribution is -2.29. The molecule has 1 fully saturated rings. The van der Waals surface area contributed by atoms with Crippen molar-refractivity contribution in [3.8, 4) is 0 Å². The first kappa shape index (κ1) is 17.7. The van der Waals surface area contributed by atoms with Crippen molar-refractivity contribution in [2.75, 3.05) is 12.9 Å². The van der Waals surface area contributed by atoms with Gasteiger partial charge in [0, 0.05) is 25.0 Å². The molecule has 0 bridgehead atoms. The zero-order chi connectivity index (χ0) is 17.0. The summed E-state index contributed by atoms with van der Waals surface area (Å²) in [5.41, 5.74) is 0.774. The van der Waals surface area contributed by atoms with Crippen LogP contribution in [0.5, 0.6) is 0 Å². The predicted octanol–water partition coefficient (Wildman–Crippen LogP) is 2.50. The number of carbonyl (C=O) groups is 2. The van der Waals surface area contributed by atoms with E-state index in [-0.39, 0.29) is 34.9 Å². The van der Waals surface area contributed by atoms with Crippen LogP contribution in [0.1, 0.15) is 44.1 Å².